The average Bonchev–Trinajstić information content (AvgIpc) is 2.85. The van der Waals surface area contributed by atoms with Gasteiger partial charge in [-0.1, -0.05) is 54.2 Å². The normalized spacial score (nSPS) is 13.7. The maximum absolute atomic E-state index is 12.8. The van der Waals surface area contributed by atoms with Gasteiger partial charge < -0.3 is 14.5 Å². The van der Waals surface area contributed by atoms with Crippen molar-refractivity contribution in [3.05, 3.63) is 82.5 Å². The van der Waals surface area contributed by atoms with E-state index in [4.69, 9.17) is 9.72 Å². The van der Waals surface area contributed by atoms with Crippen LogP contribution in [0.4, 0.5) is 5.82 Å². The van der Waals surface area contributed by atoms with E-state index in [-0.39, 0.29) is 5.91 Å². The first-order chi connectivity index (χ1) is 16.0. The molecule has 1 fully saturated rings. The van der Waals surface area contributed by atoms with E-state index in [1.807, 2.05) is 68.6 Å². The fourth-order valence-corrected chi connectivity index (χ4v) is 4.62. The van der Waals surface area contributed by atoms with Crippen LogP contribution in [0.5, 0.6) is 0 Å². The van der Waals surface area contributed by atoms with E-state index in [9.17, 15) is 4.79 Å². The van der Waals surface area contributed by atoms with Crippen LogP contribution in [0.1, 0.15) is 32.7 Å². The Bertz CT molecular complexity index is 1080. The van der Waals surface area contributed by atoms with Gasteiger partial charge in [-0.2, -0.15) is 0 Å². The number of carbonyl (C=O) groups is 1. The molecule has 0 unspecified atom stereocenters. The zero-order valence-corrected chi connectivity index (χ0v) is 20.3. The molecule has 0 radical (unpaired) electrons. The van der Waals surface area contributed by atoms with Crippen molar-refractivity contribution in [2.45, 2.75) is 31.3 Å². The van der Waals surface area contributed by atoms with Gasteiger partial charge in [-0.05, 0) is 37.1 Å². The quantitative estimate of drug-likeness (QED) is 0.381. The van der Waals surface area contributed by atoms with Gasteiger partial charge >= 0.3 is 0 Å². The SMILES string of the molecule is Cc1nc(SCc2ccc(C(=O)N(C)Cc3ccccc3)cc2)nc(N2CCOCC2)c1C. The van der Waals surface area contributed by atoms with Crippen LogP contribution in [-0.2, 0) is 17.0 Å². The van der Waals surface area contributed by atoms with E-state index >= 15 is 0 Å². The Labute approximate surface area is 200 Å². The number of anilines is 1. The number of rotatable bonds is 7. The summed E-state index contributed by atoms with van der Waals surface area (Å²) in [5.74, 6) is 1.78. The zero-order valence-electron chi connectivity index (χ0n) is 19.5. The van der Waals surface area contributed by atoms with Gasteiger partial charge in [0.25, 0.3) is 5.91 Å². The molecule has 0 N–H and O–H groups in total. The Morgan fingerprint density at radius 2 is 1.70 bits per heavy atom. The summed E-state index contributed by atoms with van der Waals surface area (Å²) in [5, 5.41) is 0.780. The van der Waals surface area contributed by atoms with Crippen molar-refractivity contribution in [1.29, 1.82) is 0 Å². The molecule has 2 aromatic carbocycles. The lowest BCUT2D eigenvalue weighted by Crippen LogP contribution is -2.37. The summed E-state index contributed by atoms with van der Waals surface area (Å²) in [6.07, 6.45) is 0. The maximum atomic E-state index is 12.8. The van der Waals surface area contributed by atoms with Crippen LogP contribution < -0.4 is 4.90 Å². The van der Waals surface area contributed by atoms with Crippen molar-refractivity contribution in [1.82, 2.24) is 14.9 Å². The smallest absolute Gasteiger partial charge is 0.253 e. The minimum atomic E-state index is 0.0192. The molecule has 2 heterocycles. The molecule has 4 rings (SSSR count). The Hall–Kier alpha value is -2.90. The van der Waals surface area contributed by atoms with Crippen LogP contribution in [0.2, 0.25) is 0 Å². The van der Waals surface area contributed by atoms with E-state index < -0.39 is 0 Å². The van der Waals surface area contributed by atoms with Gasteiger partial charge in [0, 0.05) is 49.3 Å². The number of aromatic nitrogens is 2. The molecule has 3 aromatic rings. The fourth-order valence-electron chi connectivity index (χ4n) is 3.78. The lowest BCUT2D eigenvalue weighted by atomic mass is 10.1. The molecule has 172 valence electrons. The van der Waals surface area contributed by atoms with Crippen LogP contribution >= 0.6 is 11.8 Å². The molecule has 0 spiro atoms. The number of benzene rings is 2. The van der Waals surface area contributed by atoms with Gasteiger partial charge in [-0.15, -0.1) is 0 Å². The van der Waals surface area contributed by atoms with E-state index in [1.54, 1.807) is 16.7 Å². The fraction of sp³-hybridized carbons (Fsp3) is 0.346. The van der Waals surface area contributed by atoms with Gasteiger partial charge in [0.1, 0.15) is 5.82 Å². The second-order valence-electron chi connectivity index (χ2n) is 8.27. The zero-order chi connectivity index (χ0) is 23.2. The Morgan fingerprint density at radius 3 is 2.39 bits per heavy atom. The second-order valence-corrected chi connectivity index (χ2v) is 9.21. The number of hydrogen-bond acceptors (Lipinski definition) is 6. The first-order valence-corrected chi connectivity index (χ1v) is 12.2. The van der Waals surface area contributed by atoms with E-state index in [1.165, 1.54) is 0 Å². The van der Waals surface area contributed by atoms with E-state index in [0.29, 0.717) is 12.1 Å². The molecular weight excluding hydrogens is 432 g/mol. The lowest BCUT2D eigenvalue weighted by molar-refractivity contribution is 0.0785. The molecule has 1 amide bonds. The van der Waals surface area contributed by atoms with Crippen molar-refractivity contribution < 1.29 is 9.53 Å². The van der Waals surface area contributed by atoms with Crippen LogP contribution in [-0.4, -0.2) is 54.1 Å². The standard InChI is InChI=1S/C26H30N4O2S/c1-19-20(2)27-26(28-24(19)30-13-15-32-16-14-30)33-18-22-9-11-23(12-10-22)25(31)29(3)17-21-7-5-4-6-8-21/h4-12H,13-18H2,1-3H3. The first kappa shape index (κ1) is 23.3. The van der Waals surface area contributed by atoms with E-state index in [0.717, 1.165) is 65.4 Å². The van der Waals surface area contributed by atoms with Gasteiger partial charge in [0.15, 0.2) is 5.16 Å². The Balaban J connectivity index is 1.38. The highest BCUT2D eigenvalue weighted by Crippen LogP contribution is 2.26. The molecule has 6 nitrogen and oxygen atoms in total. The highest BCUT2D eigenvalue weighted by Gasteiger charge is 2.18. The van der Waals surface area contributed by atoms with E-state index in [2.05, 4.69) is 16.8 Å². The van der Waals surface area contributed by atoms with Crippen LogP contribution in [0.15, 0.2) is 59.8 Å². The minimum Gasteiger partial charge on any atom is -0.378 e. The number of aryl methyl sites for hydroxylation is 1. The summed E-state index contributed by atoms with van der Waals surface area (Å²) >= 11 is 1.62. The molecule has 7 heteroatoms. The minimum absolute atomic E-state index is 0.0192. The summed E-state index contributed by atoms with van der Waals surface area (Å²) in [6, 6.07) is 17.9. The molecular formula is C26H30N4O2S. The van der Waals surface area contributed by atoms with Crippen LogP contribution in [0.3, 0.4) is 0 Å². The topological polar surface area (TPSA) is 58.6 Å². The molecule has 1 aromatic heterocycles. The summed E-state index contributed by atoms with van der Waals surface area (Å²) in [7, 11) is 1.84. The number of ether oxygens (including phenoxy) is 1. The second kappa shape index (κ2) is 10.8. The molecule has 0 aliphatic carbocycles. The maximum Gasteiger partial charge on any atom is 0.253 e. The summed E-state index contributed by atoms with van der Waals surface area (Å²) in [5.41, 5.74) is 5.09. The first-order valence-electron chi connectivity index (χ1n) is 11.2. The molecule has 0 bridgehead atoms. The number of nitrogens with zero attached hydrogens (tertiary/aromatic N) is 4. The number of amides is 1. The Kier molecular flexibility index (Phi) is 7.62. The number of carbonyl (C=O) groups excluding carboxylic acids is 1. The van der Waals surface area contributed by atoms with Crippen molar-refractivity contribution in [2.75, 3.05) is 38.3 Å². The predicted molar refractivity (Wildman–Crippen MR) is 133 cm³/mol. The third-order valence-corrected chi connectivity index (χ3v) is 6.75. The van der Waals surface area contributed by atoms with Crippen LogP contribution in [0.25, 0.3) is 0 Å². The number of thioether (sulfide) groups is 1. The number of hydrogen-bond donors (Lipinski definition) is 0. The molecule has 33 heavy (non-hydrogen) atoms. The summed E-state index contributed by atoms with van der Waals surface area (Å²) < 4.78 is 5.48. The highest BCUT2D eigenvalue weighted by atomic mass is 32.2. The third kappa shape index (κ3) is 5.92. The molecule has 0 atom stereocenters. The third-order valence-electron chi connectivity index (χ3n) is 5.83. The highest BCUT2D eigenvalue weighted by molar-refractivity contribution is 7.98. The van der Waals surface area contributed by atoms with Crippen LogP contribution in [0, 0.1) is 13.8 Å². The largest absolute Gasteiger partial charge is 0.378 e. The summed E-state index contributed by atoms with van der Waals surface area (Å²) in [4.78, 5) is 26.3. The lowest BCUT2D eigenvalue weighted by Gasteiger charge is -2.29. The van der Waals surface area contributed by atoms with Crippen molar-refractivity contribution >= 4 is 23.5 Å². The van der Waals surface area contributed by atoms with Crippen molar-refractivity contribution in [2.24, 2.45) is 0 Å². The van der Waals surface area contributed by atoms with Gasteiger partial charge in [0.05, 0.1) is 13.2 Å². The molecule has 1 aliphatic heterocycles. The predicted octanol–water partition coefficient (Wildman–Crippen LogP) is 4.49. The van der Waals surface area contributed by atoms with Crippen molar-refractivity contribution in [3.63, 3.8) is 0 Å². The van der Waals surface area contributed by atoms with Gasteiger partial charge in [-0.3, -0.25) is 4.79 Å². The van der Waals surface area contributed by atoms with Crippen molar-refractivity contribution in [3.8, 4) is 0 Å². The molecule has 0 saturated carbocycles. The summed E-state index contributed by atoms with van der Waals surface area (Å²) in [6.45, 7) is 7.89. The Morgan fingerprint density at radius 1 is 1.00 bits per heavy atom. The molecule has 1 saturated heterocycles. The average molecular weight is 463 g/mol. The monoisotopic (exact) mass is 462 g/mol. The van der Waals surface area contributed by atoms with Gasteiger partial charge in [-0.25, -0.2) is 9.97 Å². The van der Waals surface area contributed by atoms with Gasteiger partial charge in [0.2, 0.25) is 0 Å². The number of morpholine rings is 1. The molecule has 1 aliphatic rings.